The van der Waals surface area contributed by atoms with Crippen LogP contribution in [0.25, 0.3) is 16.1 Å². The van der Waals surface area contributed by atoms with Gasteiger partial charge in [-0.05, 0) is 29.0 Å². The molecule has 3 aromatic rings. The number of H-pyrrole nitrogens is 1. The normalized spacial score (nSPS) is 14.5. The summed E-state index contributed by atoms with van der Waals surface area (Å²) in [5.41, 5.74) is 4.01. The number of rotatable bonds is 3. The minimum absolute atomic E-state index is 0.0375. The Kier molecular flexibility index (Phi) is 4.01. The molecule has 1 N–H and O–H groups in total. The molecule has 120 valence electrons. The van der Waals surface area contributed by atoms with E-state index in [0.29, 0.717) is 12.1 Å². The molecule has 2 aromatic heterocycles. The van der Waals surface area contributed by atoms with Crippen molar-refractivity contribution in [2.45, 2.75) is 6.42 Å². The Bertz CT molecular complexity index is 865. The minimum atomic E-state index is 0.0375. The van der Waals surface area contributed by atoms with Gasteiger partial charge >= 0.3 is 0 Å². The van der Waals surface area contributed by atoms with Crippen LogP contribution in [0.15, 0.2) is 60.1 Å². The predicted molar refractivity (Wildman–Crippen MR) is 96.8 cm³/mol. The Morgan fingerprint density at radius 1 is 1.17 bits per heavy atom. The third-order valence-corrected chi connectivity index (χ3v) is 5.17. The first-order chi connectivity index (χ1) is 11.8. The molecule has 0 fully saturated rings. The molecule has 0 saturated heterocycles. The number of amides is 1. The Morgan fingerprint density at radius 3 is 2.75 bits per heavy atom. The van der Waals surface area contributed by atoms with Gasteiger partial charge in [0.05, 0.1) is 22.3 Å². The first kappa shape index (κ1) is 14.9. The molecule has 0 bridgehead atoms. The van der Waals surface area contributed by atoms with Crippen LogP contribution in [0.3, 0.4) is 0 Å². The highest BCUT2D eigenvalue weighted by atomic mass is 32.1. The second-order valence-corrected chi connectivity index (χ2v) is 6.68. The summed E-state index contributed by atoms with van der Waals surface area (Å²) in [5, 5.41) is 9.04. The number of thiophene rings is 1. The van der Waals surface area contributed by atoms with Crippen molar-refractivity contribution in [1.29, 1.82) is 0 Å². The number of hydrogen-bond donors (Lipinski definition) is 1. The van der Waals surface area contributed by atoms with Crippen LogP contribution >= 0.6 is 11.3 Å². The molecule has 1 amide bonds. The summed E-state index contributed by atoms with van der Waals surface area (Å²) >= 11 is 1.60. The lowest BCUT2D eigenvalue weighted by molar-refractivity contribution is 0.0774. The van der Waals surface area contributed by atoms with Crippen LogP contribution in [0.1, 0.15) is 22.3 Å². The van der Waals surface area contributed by atoms with Gasteiger partial charge in [-0.15, -0.1) is 11.3 Å². The summed E-state index contributed by atoms with van der Waals surface area (Å²) in [4.78, 5) is 15.8. The fourth-order valence-corrected chi connectivity index (χ4v) is 3.73. The molecule has 3 heterocycles. The van der Waals surface area contributed by atoms with E-state index in [-0.39, 0.29) is 5.91 Å². The quantitative estimate of drug-likeness (QED) is 0.784. The summed E-state index contributed by atoms with van der Waals surface area (Å²) in [6.45, 7) is 1.37. The second kappa shape index (κ2) is 6.45. The van der Waals surface area contributed by atoms with E-state index in [1.54, 1.807) is 17.5 Å². The van der Waals surface area contributed by atoms with Crippen molar-refractivity contribution in [2.75, 3.05) is 13.1 Å². The van der Waals surface area contributed by atoms with Crippen molar-refractivity contribution in [3.05, 3.63) is 71.2 Å². The summed E-state index contributed by atoms with van der Waals surface area (Å²) in [7, 11) is 0. The van der Waals surface area contributed by atoms with Crippen LogP contribution in [0.2, 0.25) is 0 Å². The molecule has 1 aliphatic rings. The Morgan fingerprint density at radius 2 is 2.04 bits per heavy atom. The van der Waals surface area contributed by atoms with Gasteiger partial charge in [-0.2, -0.15) is 5.10 Å². The predicted octanol–water partition coefficient (Wildman–Crippen LogP) is 4.07. The van der Waals surface area contributed by atoms with E-state index in [4.69, 9.17) is 0 Å². The molecule has 0 unspecified atom stereocenters. The average Bonchev–Trinajstić information content (AvgIpc) is 3.33. The van der Waals surface area contributed by atoms with Gasteiger partial charge in [0.1, 0.15) is 0 Å². The van der Waals surface area contributed by atoms with Gasteiger partial charge in [-0.25, -0.2) is 0 Å². The molecule has 4 nitrogen and oxygen atoms in total. The number of aromatic amines is 1. The van der Waals surface area contributed by atoms with Gasteiger partial charge in [0.2, 0.25) is 0 Å². The Hall–Kier alpha value is -2.66. The number of nitrogens with zero attached hydrogens (tertiary/aromatic N) is 2. The molecule has 1 aliphatic heterocycles. The number of aromatic nitrogens is 2. The van der Waals surface area contributed by atoms with Crippen molar-refractivity contribution in [2.24, 2.45) is 0 Å². The van der Waals surface area contributed by atoms with E-state index in [9.17, 15) is 4.79 Å². The van der Waals surface area contributed by atoms with Crippen LogP contribution in [0.5, 0.6) is 0 Å². The molecule has 0 radical (unpaired) electrons. The zero-order valence-corrected chi connectivity index (χ0v) is 13.9. The highest BCUT2D eigenvalue weighted by molar-refractivity contribution is 7.13. The standard InChI is InChI=1S/C19H17N3OS/c23-19(16-13-20-21-18(16)17-7-4-12-24-17)22-10-8-15(9-11-22)14-5-2-1-3-6-14/h1-8,12-13H,9-11H2,(H,20,21). The van der Waals surface area contributed by atoms with E-state index in [1.165, 1.54) is 11.1 Å². The van der Waals surface area contributed by atoms with Crippen LogP contribution in [0, 0.1) is 0 Å². The van der Waals surface area contributed by atoms with Gasteiger partial charge in [0.15, 0.2) is 0 Å². The fraction of sp³-hybridized carbons (Fsp3) is 0.158. The van der Waals surface area contributed by atoms with Crippen molar-refractivity contribution in [1.82, 2.24) is 15.1 Å². The largest absolute Gasteiger partial charge is 0.334 e. The maximum absolute atomic E-state index is 12.9. The van der Waals surface area contributed by atoms with Crippen molar-refractivity contribution in [3.8, 4) is 10.6 Å². The van der Waals surface area contributed by atoms with Crippen LogP contribution < -0.4 is 0 Å². The zero-order chi connectivity index (χ0) is 16.4. The lowest BCUT2D eigenvalue weighted by Crippen LogP contribution is -2.34. The molecule has 0 aliphatic carbocycles. The molecule has 4 rings (SSSR count). The first-order valence-corrected chi connectivity index (χ1v) is 8.82. The van der Waals surface area contributed by atoms with Gasteiger partial charge in [-0.1, -0.05) is 42.5 Å². The highest BCUT2D eigenvalue weighted by Crippen LogP contribution is 2.28. The first-order valence-electron chi connectivity index (χ1n) is 7.94. The molecule has 24 heavy (non-hydrogen) atoms. The smallest absolute Gasteiger partial charge is 0.258 e. The van der Waals surface area contributed by atoms with Gasteiger partial charge in [0, 0.05) is 13.1 Å². The number of hydrogen-bond acceptors (Lipinski definition) is 3. The van der Waals surface area contributed by atoms with E-state index in [0.717, 1.165) is 23.5 Å². The molecule has 0 saturated carbocycles. The van der Waals surface area contributed by atoms with E-state index >= 15 is 0 Å². The SMILES string of the molecule is O=C(c1cn[nH]c1-c1cccs1)N1CC=C(c2ccccc2)CC1. The Labute approximate surface area is 144 Å². The van der Waals surface area contributed by atoms with Gasteiger partial charge < -0.3 is 4.90 Å². The topological polar surface area (TPSA) is 49.0 Å². The van der Waals surface area contributed by atoms with Crippen molar-refractivity contribution >= 4 is 22.8 Å². The number of carbonyl (C=O) groups excluding carboxylic acids is 1. The maximum Gasteiger partial charge on any atom is 0.258 e. The third kappa shape index (κ3) is 2.78. The van der Waals surface area contributed by atoms with Crippen LogP contribution in [0.4, 0.5) is 0 Å². The Balaban J connectivity index is 1.53. The minimum Gasteiger partial charge on any atom is -0.334 e. The van der Waals surface area contributed by atoms with E-state index in [2.05, 4.69) is 28.4 Å². The van der Waals surface area contributed by atoms with E-state index < -0.39 is 0 Å². The van der Waals surface area contributed by atoms with Gasteiger partial charge in [0.25, 0.3) is 5.91 Å². The molecular formula is C19H17N3OS. The van der Waals surface area contributed by atoms with Crippen LogP contribution in [-0.2, 0) is 0 Å². The maximum atomic E-state index is 12.9. The average molecular weight is 335 g/mol. The van der Waals surface area contributed by atoms with E-state index in [1.807, 2.05) is 40.6 Å². The molecular weight excluding hydrogens is 318 g/mol. The summed E-state index contributed by atoms with van der Waals surface area (Å²) in [5.74, 6) is 0.0375. The lowest BCUT2D eigenvalue weighted by atomic mass is 9.99. The number of carbonyl (C=O) groups is 1. The molecule has 0 atom stereocenters. The van der Waals surface area contributed by atoms with Crippen LogP contribution in [-0.4, -0.2) is 34.1 Å². The fourth-order valence-electron chi connectivity index (χ4n) is 3.00. The summed E-state index contributed by atoms with van der Waals surface area (Å²) in [6, 6.07) is 14.3. The number of benzene rings is 1. The van der Waals surface area contributed by atoms with Crippen molar-refractivity contribution < 1.29 is 4.79 Å². The molecule has 0 spiro atoms. The molecule has 1 aromatic carbocycles. The molecule has 5 heteroatoms. The van der Waals surface area contributed by atoms with Crippen molar-refractivity contribution in [3.63, 3.8) is 0 Å². The lowest BCUT2D eigenvalue weighted by Gasteiger charge is -2.26. The summed E-state index contributed by atoms with van der Waals surface area (Å²) in [6.07, 6.45) is 4.66. The third-order valence-electron chi connectivity index (χ3n) is 4.28. The highest BCUT2D eigenvalue weighted by Gasteiger charge is 2.23. The summed E-state index contributed by atoms with van der Waals surface area (Å²) < 4.78 is 0. The van der Waals surface area contributed by atoms with Gasteiger partial charge in [-0.3, -0.25) is 9.89 Å². The number of nitrogens with one attached hydrogen (secondary N) is 1. The zero-order valence-electron chi connectivity index (χ0n) is 13.1. The second-order valence-electron chi connectivity index (χ2n) is 5.73. The monoisotopic (exact) mass is 335 g/mol.